The van der Waals surface area contributed by atoms with Gasteiger partial charge in [-0.2, -0.15) is 0 Å². The van der Waals surface area contributed by atoms with Crippen LogP contribution in [0.2, 0.25) is 6.32 Å². The summed E-state index contributed by atoms with van der Waals surface area (Å²) in [6, 6.07) is 8.23. The first-order chi connectivity index (χ1) is 10.2. The second-order valence-corrected chi connectivity index (χ2v) is 7.34. The SMILES string of the molecule is CC(CB1OC(C)(C)C(C)(C)O1)c1nc2ccccc2n1C. The van der Waals surface area contributed by atoms with Gasteiger partial charge in [0.25, 0.3) is 0 Å². The smallest absolute Gasteiger partial charge is 0.403 e. The number of aryl methyl sites for hydroxylation is 1. The summed E-state index contributed by atoms with van der Waals surface area (Å²) in [6.45, 7) is 10.5. The lowest BCUT2D eigenvalue weighted by Gasteiger charge is -2.32. The van der Waals surface area contributed by atoms with E-state index >= 15 is 0 Å². The largest absolute Gasteiger partial charge is 0.458 e. The summed E-state index contributed by atoms with van der Waals surface area (Å²) in [4.78, 5) is 4.78. The lowest BCUT2D eigenvalue weighted by atomic mass is 9.77. The highest BCUT2D eigenvalue weighted by atomic mass is 16.7. The molecule has 1 aliphatic rings. The third kappa shape index (κ3) is 2.46. The Morgan fingerprint density at radius 1 is 1.14 bits per heavy atom. The van der Waals surface area contributed by atoms with Crippen LogP contribution in [0.5, 0.6) is 0 Å². The summed E-state index contributed by atoms with van der Waals surface area (Å²) in [5.74, 6) is 1.35. The van der Waals surface area contributed by atoms with Crippen molar-refractivity contribution in [3.63, 3.8) is 0 Å². The van der Waals surface area contributed by atoms with Crippen molar-refractivity contribution in [2.75, 3.05) is 0 Å². The van der Waals surface area contributed by atoms with Crippen LogP contribution < -0.4 is 0 Å². The van der Waals surface area contributed by atoms with Gasteiger partial charge in [0.15, 0.2) is 0 Å². The molecular weight excluding hydrogens is 275 g/mol. The fraction of sp³-hybridized carbons (Fsp3) is 0.588. The summed E-state index contributed by atoms with van der Waals surface area (Å²) in [6.07, 6.45) is 0.810. The fourth-order valence-corrected chi connectivity index (χ4v) is 3.06. The van der Waals surface area contributed by atoms with Crippen LogP contribution in [0.1, 0.15) is 46.4 Å². The fourth-order valence-electron chi connectivity index (χ4n) is 3.06. The van der Waals surface area contributed by atoms with E-state index in [2.05, 4.69) is 58.4 Å². The summed E-state index contributed by atoms with van der Waals surface area (Å²) in [5, 5.41) is 0. The van der Waals surface area contributed by atoms with E-state index in [1.165, 1.54) is 5.52 Å². The highest BCUT2D eigenvalue weighted by Gasteiger charge is 2.51. The third-order valence-electron chi connectivity index (χ3n) is 5.11. The molecule has 4 nitrogen and oxygen atoms in total. The zero-order valence-corrected chi connectivity index (χ0v) is 14.4. The highest BCUT2D eigenvalue weighted by Crippen LogP contribution is 2.39. The summed E-state index contributed by atoms with van der Waals surface area (Å²) >= 11 is 0. The standard InChI is InChI=1S/C17H25BN2O2/c1-12(11-18-21-16(2,3)17(4,5)22-18)15-19-13-9-7-8-10-14(13)20(15)6/h7-10,12H,11H2,1-6H3. The molecule has 0 radical (unpaired) electrons. The zero-order chi connectivity index (χ0) is 16.1. The van der Waals surface area contributed by atoms with Gasteiger partial charge in [0.05, 0.1) is 22.2 Å². The maximum absolute atomic E-state index is 6.11. The number of fused-ring (bicyclic) bond motifs is 1. The minimum absolute atomic E-state index is 0.181. The molecular formula is C17H25BN2O2. The lowest BCUT2D eigenvalue weighted by Crippen LogP contribution is -2.41. The van der Waals surface area contributed by atoms with Crippen LogP contribution in [-0.4, -0.2) is 27.9 Å². The Labute approximate surface area is 133 Å². The molecule has 1 aliphatic heterocycles. The average Bonchev–Trinajstić information content (AvgIpc) is 2.85. The first kappa shape index (κ1) is 15.6. The Morgan fingerprint density at radius 2 is 1.73 bits per heavy atom. The van der Waals surface area contributed by atoms with Gasteiger partial charge in [0.1, 0.15) is 5.82 Å². The average molecular weight is 300 g/mol. The molecule has 1 aromatic carbocycles. The van der Waals surface area contributed by atoms with E-state index in [0.29, 0.717) is 0 Å². The predicted molar refractivity (Wildman–Crippen MR) is 90.0 cm³/mol. The van der Waals surface area contributed by atoms with E-state index in [1.807, 2.05) is 12.1 Å². The van der Waals surface area contributed by atoms with Gasteiger partial charge >= 0.3 is 7.12 Å². The maximum Gasteiger partial charge on any atom is 0.458 e. The van der Waals surface area contributed by atoms with Gasteiger partial charge < -0.3 is 13.9 Å². The molecule has 2 aromatic rings. The topological polar surface area (TPSA) is 36.3 Å². The lowest BCUT2D eigenvalue weighted by molar-refractivity contribution is 0.00578. The van der Waals surface area contributed by atoms with Gasteiger partial charge in [0, 0.05) is 13.0 Å². The van der Waals surface area contributed by atoms with Crippen LogP contribution in [0.25, 0.3) is 11.0 Å². The molecule has 1 saturated heterocycles. The Balaban J connectivity index is 1.80. The quantitative estimate of drug-likeness (QED) is 0.810. The molecule has 0 aliphatic carbocycles. The van der Waals surface area contributed by atoms with E-state index in [-0.39, 0.29) is 24.2 Å². The number of hydrogen-bond acceptors (Lipinski definition) is 3. The number of hydrogen-bond donors (Lipinski definition) is 0. The van der Waals surface area contributed by atoms with Crippen LogP contribution in [0.4, 0.5) is 0 Å². The molecule has 1 fully saturated rings. The molecule has 1 aromatic heterocycles. The highest BCUT2D eigenvalue weighted by molar-refractivity contribution is 6.45. The summed E-state index contributed by atoms with van der Waals surface area (Å²) < 4.78 is 14.4. The second kappa shape index (κ2) is 5.10. The van der Waals surface area contributed by atoms with Gasteiger partial charge in [-0.1, -0.05) is 19.1 Å². The normalized spacial score (nSPS) is 21.5. The Bertz CT molecular complexity index is 677. The minimum Gasteiger partial charge on any atom is -0.403 e. The van der Waals surface area contributed by atoms with E-state index in [4.69, 9.17) is 14.3 Å². The molecule has 0 spiro atoms. The van der Waals surface area contributed by atoms with Crippen molar-refractivity contribution < 1.29 is 9.31 Å². The molecule has 2 heterocycles. The van der Waals surface area contributed by atoms with Crippen molar-refractivity contribution in [1.29, 1.82) is 0 Å². The Hall–Kier alpha value is -1.33. The van der Waals surface area contributed by atoms with Crippen molar-refractivity contribution in [1.82, 2.24) is 9.55 Å². The van der Waals surface area contributed by atoms with Crippen molar-refractivity contribution >= 4 is 18.2 Å². The molecule has 118 valence electrons. The third-order valence-corrected chi connectivity index (χ3v) is 5.11. The minimum atomic E-state index is -0.274. The van der Waals surface area contributed by atoms with Gasteiger partial charge in [-0.3, -0.25) is 0 Å². The van der Waals surface area contributed by atoms with Crippen LogP contribution in [0.3, 0.4) is 0 Å². The zero-order valence-electron chi connectivity index (χ0n) is 14.4. The Kier molecular flexibility index (Phi) is 3.61. The van der Waals surface area contributed by atoms with Gasteiger partial charge in [0.2, 0.25) is 0 Å². The molecule has 0 amide bonds. The molecule has 0 bridgehead atoms. The molecule has 1 atom stereocenters. The number of nitrogens with zero attached hydrogens (tertiary/aromatic N) is 2. The van der Waals surface area contributed by atoms with E-state index in [0.717, 1.165) is 17.7 Å². The second-order valence-electron chi connectivity index (χ2n) is 7.34. The molecule has 5 heteroatoms. The molecule has 1 unspecified atom stereocenters. The summed E-state index contributed by atoms with van der Waals surface area (Å²) in [5.41, 5.74) is 1.66. The van der Waals surface area contributed by atoms with E-state index in [1.54, 1.807) is 0 Å². The van der Waals surface area contributed by atoms with Crippen LogP contribution in [0, 0.1) is 0 Å². The van der Waals surface area contributed by atoms with Crippen molar-refractivity contribution in [3.8, 4) is 0 Å². The number of benzene rings is 1. The molecule has 22 heavy (non-hydrogen) atoms. The van der Waals surface area contributed by atoms with Crippen molar-refractivity contribution in [2.24, 2.45) is 7.05 Å². The maximum atomic E-state index is 6.11. The number of imidazole rings is 1. The summed E-state index contributed by atoms with van der Waals surface area (Å²) in [7, 11) is 1.89. The van der Waals surface area contributed by atoms with Crippen molar-refractivity contribution in [3.05, 3.63) is 30.1 Å². The van der Waals surface area contributed by atoms with E-state index < -0.39 is 0 Å². The molecule has 0 N–H and O–H groups in total. The Morgan fingerprint density at radius 3 is 2.32 bits per heavy atom. The first-order valence-electron chi connectivity index (χ1n) is 7.98. The van der Waals surface area contributed by atoms with Crippen LogP contribution in [0.15, 0.2) is 24.3 Å². The van der Waals surface area contributed by atoms with Gasteiger partial charge in [-0.15, -0.1) is 0 Å². The molecule has 3 rings (SSSR count). The van der Waals surface area contributed by atoms with E-state index in [9.17, 15) is 0 Å². The number of para-hydroxylation sites is 2. The van der Waals surface area contributed by atoms with Crippen LogP contribution in [-0.2, 0) is 16.4 Å². The predicted octanol–water partition coefficient (Wildman–Crippen LogP) is 3.77. The first-order valence-corrected chi connectivity index (χ1v) is 7.98. The number of aromatic nitrogens is 2. The van der Waals surface area contributed by atoms with Crippen LogP contribution >= 0.6 is 0 Å². The monoisotopic (exact) mass is 300 g/mol. The molecule has 0 saturated carbocycles. The van der Waals surface area contributed by atoms with Gasteiger partial charge in [-0.25, -0.2) is 4.98 Å². The van der Waals surface area contributed by atoms with Crippen molar-refractivity contribution in [2.45, 2.75) is 58.1 Å². The van der Waals surface area contributed by atoms with Gasteiger partial charge in [-0.05, 0) is 46.1 Å². The number of rotatable bonds is 3.